The van der Waals surface area contributed by atoms with Crippen LogP contribution in [-0.2, 0) is 17.6 Å². The monoisotopic (exact) mass is 390 g/mol. The predicted octanol–water partition coefficient (Wildman–Crippen LogP) is 1.82. The number of aromatic amines is 2. The van der Waals surface area contributed by atoms with Gasteiger partial charge >= 0.3 is 0 Å². The maximum atomic E-state index is 12.4. The Morgan fingerprint density at radius 1 is 1.03 bits per heavy atom. The van der Waals surface area contributed by atoms with Crippen molar-refractivity contribution in [3.63, 3.8) is 0 Å². The minimum atomic E-state index is -0.329. The summed E-state index contributed by atoms with van der Waals surface area (Å²) in [6.45, 7) is 0. The molecular formula is C20H18N6O3. The van der Waals surface area contributed by atoms with Crippen molar-refractivity contribution in [1.82, 2.24) is 25.4 Å². The van der Waals surface area contributed by atoms with Crippen molar-refractivity contribution in [2.75, 3.05) is 12.4 Å². The number of methoxy groups -OCH3 is 1. The molecule has 0 spiro atoms. The number of hydrogen-bond acceptors (Lipinski definition) is 6. The molecule has 4 aromatic rings. The summed E-state index contributed by atoms with van der Waals surface area (Å²) in [7, 11) is 1.62. The Morgan fingerprint density at radius 3 is 2.55 bits per heavy atom. The van der Waals surface area contributed by atoms with E-state index in [9.17, 15) is 9.59 Å². The highest BCUT2D eigenvalue weighted by molar-refractivity contribution is 5.94. The van der Waals surface area contributed by atoms with Gasteiger partial charge in [-0.15, -0.1) is 5.10 Å². The van der Waals surface area contributed by atoms with E-state index < -0.39 is 0 Å². The zero-order valence-electron chi connectivity index (χ0n) is 15.6. The van der Waals surface area contributed by atoms with Crippen LogP contribution in [0, 0.1) is 0 Å². The fourth-order valence-corrected chi connectivity index (χ4v) is 2.99. The van der Waals surface area contributed by atoms with Crippen LogP contribution in [-0.4, -0.2) is 38.4 Å². The number of rotatable bonds is 6. The van der Waals surface area contributed by atoms with E-state index in [-0.39, 0.29) is 23.8 Å². The molecule has 9 heteroatoms. The summed E-state index contributed by atoms with van der Waals surface area (Å²) in [6, 6.07) is 14.6. The molecule has 0 atom stereocenters. The van der Waals surface area contributed by atoms with Gasteiger partial charge in [-0.2, -0.15) is 10.1 Å². The third kappa shape index (κ3) is 4.13. The first-order chi connectivity index (χ1) is 14.1. The maximum absolute atomic E-state index is 12.4. The number of fused-ring (bicyclic) bond motifs is 1. The number of nitrogens with zero attached hydrogens (tertiary/aromatic N) is 3. The Balaban J connectivity index is 1.43. The molecule has 0 aliphatic rings. The number of anilines is 1. The molecule has 0 bridgehead atoms. The summed E-state index contributed by atoms with van der Waals surface area (Å²) in [6.07, 6.45) is 0.526. The number of carbonyl (C=O) groups excluding carboxylic acids is 1. The van der Waals surface area contributed by atoms with Crippen LogP contribution in [0.4, 0.5) is 5.95 Å². The second-order valence-electron chi connectivity index (χ2n) is 6.40. The number of benzene rings is 2. The molecule has 2 aromatic heterocycles. The normalized spacial score (nSPS) is 10.8. The number of carbonyl (C=O) groups is 1. The molecule has 3 N–H and O–H groups in total. The van der Waals surface area contributed by atoms with Crippen LogP contribution >= 0.6 is 0 Å². The molecule has 29 heavy (non-hydrogen) atoms. The Bertz CT molecular complexity index is 1210. The van der Waals surface area contributed by atoms with Gasteiger partial charge in [0.15, 0.2) is 0 Å². The molecule has 0 aliphatic carbocycles. The Labute approximate surface area is 165 Å². The van der Waals surface area contributed by atoms with Crippen molar-refractivity contribution in [2.45, 2.75) is 12.8 Å². The van der Waals surface area contributed by atoms with Gasteiger partial charge in [0.2, 0.25) is 11.9 Å². The van der Waals surface area contributed by atoms with Gasteiger partial charge in [-0.05, 0) is 23.8 Å². The first-order valence-electron chi connectivity index (χ1n) is 8.93. The van der Waals surface area contributed by atoms with Crippen LogP contribution in [0.25, 0.3) is 10.8 Å². The van der Waals surface area contributed by atoms with E-state index in [1.54, 1.807) is 31.4 Å². The number of hydrogen-bond donors (Lipinski definition) is 3. The van der Waals surface area contributed by atoms with Crippen molar-refractivity contribution >= 4 is 22.6 Å². The molecule has 0 aliphatic heterocycles. The van der Waals surface area contributed by atoms with E-state index >= 15 is 0 Å². The first-order valence-corrected chi connectivity index (χ1v) is 8.93. The van der Waals surface area contributed by atoms with Crippen molar-refractivity contribution in [3.8, 4) is 5.75 Å². The van der Waals surface area contributed by atoms with Gasteiger partial charge in [-0.3, -0.25) is 20.0 Å². The number of aromatic nitrogens is 5. The SMILES string of the molecule is COc1ccc(Cc2nc(NC(=O)Cc3n[nH]c(=O)c4ccccc34)n[nH]2)cc1. The van der Waals surface area contributed by atoms with Gasteiger partial charge < -0.3 is 4.74 Å². The highest BCUT2D eigenvalue weighted by atomic mass is 16.5. The third-order valence-corrected chi connectivity index (χ3v) is 4.42. The van der Waals surface area contributed by atoms with E-state index in [1.165, 1.54) is 0 Å². The second-order valence-corrected chi connectivity index (χ2v) is 6.40. The molecule has 9 nitrogen and oxygen atoms in total. The smallest absolute Gasteiger partial charge is 0.272 e. The van der Waals surface area contributed by atoms with Crippen LogP contribution in [0.3, 0.4) is 0 Å². The van der Waals surface area contributed by atoms with Crippen LogP contribution in [0.1, 0.15) is 17.1 Å². The number of nitrogens with one attached hydrogen (secondary N) is 3. The van der Waals surface area contributed by atoms with E-state index in [4.69, 9.17) is 4.74 Å². The van der Waals surface area contributed by atoms with E-state index in [1.807, 2.05) is 24.3 Å². The fraction of sp³-hybridized carbons (Fsp3) is 0.150. The molecule has 0 unspecified atom stereocenters. The number of amides is 1. The van der Waals surface area contributed by atoms with Crippen LogP contribution in [0.5, 0.6) is 5.75 Å². The lowest BCUT2D eigenvalue weighted by atomic mass is 10.1. The van der Waals surface area contributed by atoms with Gasteiger partial charge in [0.25, 0.3) is 5.56 Å². The lowest BCUT2D eigenvalue weighted by molar-refractivity contribution is -0.115. The summed E-state index contributed by atoms with van der Waals surface area (Å²) in [5.74, 6) is 1.26. The van der Waals surface area contributed by atoms with Crippen molar-refractivity contribution in [2.24, 2.45) is 0 Å². The molecule has 2 heterocycles. The standard InChI is InChI=1S/C20H18N6O3/c1-29-13-8-6-12(7-9-13)10-17-21-20(26-24-17)22-18(27)11-16-14-4-2-3-5-15(14)19(28)25-23-16/h2-9H,10-11H2,1H3,(H,25,28)(H2,21,22,24,26,27). The van der Waals surface area contributed by atoms with E-state index in [0.29, 0.717) is 28.7 Å². The number of H-pyrrole nitrogens is 2. The Hall–Kier alpha value is -4.01. The van der Waals surface area contributed by atoms with Crippen molar-refractivity contribution in [3.05, 3.63) is 76.0 Å². The van der Waals surface area contributed by atoms with Gasteiger partial charge in [0.1, 0.15) is 11.6 Å². The first kappa shape index (κ1) is 18.4. The Kier molecular flexibility index (Phi) is 5.02. The van der Waals surface area contributed by atoms with Crippen LogP contribution < -0.4 is 15.6 Å². The largest absolute Gasteiger partial charge is 0.497 e. The average Bonchev–Trinajstić information content (AvgIpc) is 3.17. The lowest BCUT2D eigenvalue weighted by Gasteiger charge is -2.04. The molecule has 146 valence electrons. The highest BCUT2D eigenvalue weighted by Crippen LogP contribution is 2.15. The van der Waals surface area contributed by atoms with Gasteiger partial charge in [0, 0.05) is 11.8 Å². The zero-order chi connectivity index (χ0) is 20.2. The quantitative estimate of drug-likeness (QED) is 0.461. The summed E-state index contributed by atoms with van der Waals surface area (Å²) < 4.78 is 5.14. The van der Waals surface area contributed by atoms with Gasteiger partial charge in [-0.25, -0.2) is 5.10 Å². The summed E-state index contributed by atoms with van der Waals surface area (Å²) in [4.78, 5) is 28.5. The molecule has 0 saturated carbocycles. The zero-order valence-corrected chi connectivity index (χ0v) is 15.6. The lowest BCUT2D eigenvalue weighted by Crippen LogP contribution is -2.19. The van der Waals surface area contributed by atoms with Crippen LogP contribution in [0.2, 0.25) is 0 Å². The summed E-state index contributed by atoms with van der Waals surface area (Å²) in [5.41, 5.74) is 1.22. The molecule has 0 saturated heterocycles. The van der Waals surface area contributed by atoms with Crippen molar-refractivity contribution < 1.29 is 9.53 Å². The van der Waals surface area contributed by atoms with Crippen LogP contribution in [0.15, 0.2) is 53.3 Å². The minimum absolute atomic E-state index is 0.0142. The molecule has 0 fully saturated rings. The Morgan fingerprint density at radius 2 is 1.79 bits per heavy atom. The summed E-state index contributed by atoms with van der Waals surface area (Å²) in [5, 5.41) is 17.1. The topological polar surface area (TPSA) is 126 Å². The van der Waals surface area contributed by atoms with Crippen molar-refractivity contribution in [1.29, 1.82) is 0 Å². The highest BCUT2D eigenvalue weighted by Gasteiger charge is 2.13. The molecule has 1 amide bonds. The fourth-order valence-electron chi connectivity index (χ4n) is 2.99. The molecule has 0 radical (unpaired) electrons. The number of ether oxygens (including phenoxy) is 1. The maximum Gasteiger partial charge on any atom is 0.272 e. The van der Waals surface area contributed by atoms with Gasteiger partial charge in [0.05, 0.1) is 24.6 Å². The van der Waals surface area contributed by atoms with E-state index in [2.05, 4.69) is 30.7 Å². The molecule has 4 rings (SSSR count). The molecule has 2 aromatic carbocycles. The third-order valence-electron chi connectivity index (χ3n) is 4.42. The molecular weight excluding hydrogens is 372 g/mol. The van der Waals surface area contributed by atoms with E-state index in [0.717, 1.165) is 11.3 Å². The second kappa shape index (κ2) is 7.93. The predicted molar refractivity (Wildman–Crippen MR) is 107 cm³/mol. The minimum Gasteiger partial charge on any atom is -0.497 e. The van der Waals surface area contributed by atoms with Gasteiger partial charge in [-0.1, -0.05) is 30.3 Å². The summed E-state index contributed by atoms with van der Waals surface area (Å²) >= 11 is 0. The average molecular weight is 390 g/mol.